The molecule has 0 aliphatic carbocycles. The molecule has 5 heteroatoms. The summed E-state index contributed by atoms with van der Waals surface area (Å²) in [7, 11) is 0. The van der Waals surface area contributed by atoms with E-state index in [9.17, 15) is 9.18 Å². The van der Waals surface area contributed by atoms with Gasteiger partial charge in [0, 0.05) is 29.1 Å². The highest BCUT2D eigenvalue weighted by atomic mass is 32.2. The number of nitrogens with zero attached hydrogens (tertiary/aromatic N) is 1. The van der Waals surface area contributed by atoms with Crippen molar-refractivity contribution >= 4 is 17.7 Å². The molecular weight excluding hydrogens is 227 g/mol. The second-order valence-electron chi connectivity index (χ2n) is 4.01. The molecule has 1 aromatic heterocycles. The highest BCUT2D eigenvalue weighted by Crippen LogP contribution is 2.19. The van der Waals surface area contributed by atoms with Crippen LogP contribution in [0.1, 0.15) is 24.2 Å². The number of halogens is 1. The number of hydrogen-bond donors (Lipinski definition) is 1. The van der Waals surface area contributed by atoms with Crippen molar-refractivity contribution in [1.29, 1.82) is 0 Å². The quantitative estimate of drug-likeness (QED) is 0.822. The van der Waals surface area contributed by atoms with Gasteiger partial charge in [0.05, 0.1) is 0 Å². The molecule has 1 amide bonds. The number of carbonyl (C=O) groups is 1. The minimum Gasteiger partial charge on any atom is -0.351 e. The molecule has 0 aliphatic heterocycles. The van der Waals surface area contributed by atoms with Crippen molar-refractivity contribution < 1.29 is 9.18 Å². The van der Waals surface area contributed by atoms with E-state index in [2.05, 4.69) is 10.3 Å². The predicted molar refractivity (Wildman–Crippen MR) is 64.1 cm³/mol. The molecule has 0 unspecified atom stereocenters. The van der Waals surface area contributed by atoms with E-state index in [0.29, 0.717) is 12.1 Å². The van der Waals surface area contributed by atoms with Crippen LogP contribution in [0.4, 0.5) is 4.39 Å². The Balaban J connectivity index is 2.60. The van der Waals surface area contributed by atoms with E-state index in [4.69, 9.17) is 0 Å². The summed E-state index contributed by atoms with van der Waals surface area (Å²) >= 11 is 1.67. The zero-order valence-corrected chi connectivity index (χ0v) is 10.4. The summed E-state index contributed by atoms with van der Waals surface area (Å²) in [6.45, 7) is 4.60. The van der Waals surface area contributed by atoms with E-state index in [1.54, 1.807) is 11.8 Å². The molecule has 88 valence electrons. The Bertz CT molecular complexity index is 382. The third kappa shape index (κ3) is 3.81. The maximum atomic E-state index is 12.8. The van der Waals surface area contributed by atoms with Crippen molar-refractivity contribution in [3.63, 3.8) is 0 Å². The summed E-state index contributed by atoms with van der Waals surface area (Å²) in [5.74, 6) is -0.916. The number of rotatable bonds is 4. The van der Waals surface area contributed by atoms with Gasteiger partial charge < -0.3 is 5.32 Å². The second kappa shape index (κ2) is 5.30. The lowest BCUT2D eigenvalue weighted by Crippen LogP contribution is -2.36. The molecule has 0 aromatic carbocycles. The number of aromatic nitrogens is 1. The summed E-state index contributed by atoms with van der Waals surface area (Å²) in [6, 6.07) is 2.62. The fraction of sp³-hybridized carbons (Fsp3) is 0.455. The first-order valence-electron chi connectivity index (χ1n) is 4.89. The fourth-order valence-corrected chi connectivity index (χ4v) is 1.23. The van der Waals surface area contributed by atoms with Crippen molar-refractivity contribution in [2.45, 2.75) is 18.6 Å². The molecule has 1 heterocycles. The standard InChI is InChI=1S/C11H15FN2OS/c1-11(2,16-3)7-14-10(15)8-4-5-13-9(12)6-8/h4-6H,7H2,1-3H3,(H,14,15). The minimum absolute atomic E-state index is 0.0266. The van der Waals surface area contributed by atoms with Crippen LogP contribution in [0.25, 0.3) is 0 Å². The van der Waals surface area contributed by atoms with Gasteiger partial charge in [-0.05, 0) is 26.2 Å². The lowest BCUT2D eigenvalue weighted by atomic mass is 10.2. The van der Waals surface area contributed by atoms with Gasteiger partial charge in [-0.1, -0.05) is 0 Å². The summed E-state index contributed by atoms with van der Waals surface area (Å²) < 4.78 is 12.7. The summed E-state index contributed by atoms with van der Waals surface area (Å²) in [5, 5.41) is 2.76. The van der Waals surface area contributed by atoms with Crippen LogP contribution in [-0.4, -0.2) is 28.4 Å². The smallest absolute Gasteiger partial charge is 0.251 e. The molecule has 0 saturated heterocycles. The third-order valence-corrected chi connectivity index (χ3v) is 3.47. The van der Waals surface area contributed by atoms with E-state index in [1.807, 2.05) is 20.1 Å². The number of amides is 1. The third-order valence-electron chi connectivity index (χ3n) is 2.22. The molecule has 16 heavy (non-hydrogen) atoms. The van der Waals surface area contributed by atoms with Crippen LogP contribution in [0.2, 0.25) is 0 Å². The minimum atomic E-state index is -0.642. The van der Waals surface area contributed by atoms with Crippen molar-refractivity contribution in [3.8, 4) is 0 Å². The molecule has 3 nitrogen and oxygen atoms in total. The molecule has 0 atom stereocenters. The van der Waals surface area contributed by atoms with Crippen molar-refractivity contribution in [2.24, 2.45) is 0 Å². The summed E-state index contributed by atoms with van der Waals surface area (Å²) in [4.78, 5) is 15.0. The van der Waals surface area contributed by atoms with Crippen LogP contribution in [0.5, 0.6) is 0 Å². The zero-order chi connectivity index (χ0) is 12.2. The Hall–Kier alpha value is -1.10. The van der Waals surface area contributed by atoms with Gasteiger partial charge in [-0.25, -0.2) is 4.98 Å². The van der Waals surface area contributed by atoms with Gasteiger partial charge in [-0.2, -0.15) is 16.2 Å². The van der Waals surface area contributed by atoms with Gasteiger partial charge in [0.1, 0.15) is 0 Å². The van der Waals surface area contributed by atoms with Crippen molar-refractivity contribution in [3.05, 3.63) is 29.8 Å². The van der Waals surface area contributed by atoms with Gasteiger partial charge in [-0.3, -0.25) is 4.79 Å². The topological polar surface area (TPSA) is 42.0 Å². The number of carbonyl (C=O) groups excluding carboxylic acids is 1. The van der Waals surface area contributed by atoms with E-state index in [-0.39, 0.29) is 10.7 Å². The average Bonchev–Trinajstić information content (AvgIpc) is 2.26. The zero-order valence-electron chi connectivity index (χ0n) is 9.58. The van der Waals surface area contributed by atoms with Crippen LogP contribution in [0.15, 0.2) is 18.3 Å². The summed E-state index contributed by atoms with van der Waals surface area (Å²) in [6.07, 6.45) is 3.27. The van der Waals surface area contributed by atoms with E-state index >= 15 is 0 Å². The van der Waals surface area contributed by atoms with Gasteiger partial charge in [0.25, 0.3) is 5.91 Å². The lowest BCUT2D eigenvalue weighted by Gasteiger charge is -2.22. The first-order chi connectivity index (χ1) is 7.44. The number of nitrogens with one attached hydrogen (secondary N) is 1. The van der Waals surface area contributed by atoms with Crippen LogP contribution < -0.4 is 5.32 Å². The highest BCUT2D eigenvalue weighted by Gasteiger charge is 2.17. The van der Waals surface area contributed by atoms with Gasteiger partial charge >= 0.3 is 0 Å². The number of thioether (sulfide) groups is 1. The Morgan fingerprint density at radius 3 is 2.88 bits per heavy atom. The molecule has 0 bridgehead atoms. The van der Waals surface area contributed by atoms with Crippen LogP contribution >= 0.6 is 11.8 Å². The molecule has 0 radical (unpaired) electrons. The molecule has 0 spiro atoms. The monoisotopic (exact) mass is 242 g/mol. The SMILES string of the molecule is CSC(C)(C)CNC(=O)c1ccnc(F)c1. The second-order valence-corrected chi connectivity index (χ2v) is 5.53. The molecule has 1 N–H and O–H groups in total. The first kappa shape index (κ1) is 13.0. The molecule has 1 aromatic rings. The number of pyridine rings is 1. The summed E-state index contributed by atoms with van der Waals surface area (Å²) in [5.41, 5.74) is 0.296. The number of hydrogen-bond acceptors (Lipinski definition) is 3. The van der Waals surface area contributed by atoms with Gasteiger partial charge in [0.15, 0.2) is 0 Å². The van der Waals surface area contributed by atoms with Crippen LogP contribution in [0, 0.1) is 5.95 Å². The Morgan fingerprint density at radius 1 is 1.62 bits per heavy atom. The first-order valence-corrected chi connectivity index (χ1v) is 6.12. The molecular formula is C11H15FN2OS. The van der Waals surface area contributed by atoms with E-state index < -0.39 is 5.95 Å². The van der Waals surface area contributed by atoms with E-state index in [1.165, 1.54) is 12.3 Å². The van der Waals surface area contributed by atoms with Crippen LogP contribution in [0.3, 0.4) is 0 Å². The highest BCUT2D eigenvalue weighted by molar-refractivity contribution is 7.99. The van der Waals surface area contributed by atoms with Crippen molar-refractivity contribution in [1.82, 2.24) is 10.3 Å². The molecule has 0 aliphatic rings. The predicted octanol–water partition coefficient (Wildman–Crippen LogP) is 2.09. The van der Waals surface area contributed by atoms with Crippen molar-refractivity contribution in [2.75, 3.05) is 12.8 Å². The van der Waals surface area contributed by atoms with Gasteiger partial charge in [0.2, 0.25) is 5.95 Å². The Kier molecular flexibility index (Phi) is 4.29. The largest absolute Gasteiger partial charge is 0.351 e. The average molecular weight is 242 g/mol. The normalized spacial score (nSPS) is 11.2. The lowest BCUT2D eigenvalue weighted by molar-refractivity contribution is 0.0950. The Labute approximate surface area is 98.8 Å². The van der Waals surface area contributed by atoms with Crippen LogP contribution in [-0.2, 0) is 0 Å². The molecule has 0 fully saturated rings. The van der Waals surface area contributed by atoms with Gasteiger partial charge in [-0.15, -0.1) is 0 Å². The maximum Gasteiger partial charge on any atom is 0.251 e. The maximum absolute atomic E-state index is 12.8. The molecule has 0 saturated carbocycles. The Morgan fingerprint density at radius 2 is 2.31 bits per heavy atom. The molecule has 1 rings (SSSR count). The fourth-order valence-electron chi connectivity index (χ4n) is 1.01. The van der Waals surface area contributed by atoms with E-state index in [0.717, 1.165) is 6.07 Å².